The quantitative estimate of drug-likeness (QED) is 0.147. The summed E-state index contributed by atoms with van der Waals surface area (Å²) < 4.78 is 24.6. The Balaban J connectivity index is 1.75. The lowest BCUT2D eigenvalue weighted by Crippen LogP contribution is -2.20. The summed E-state index contributed by atoms with van der Waals surface area (Å²) in [6.45, 7) is 4.54. The number of hydrogen-bond acceptors (Lipinski definition) is 3. The largest absolute Gasteiger partial charge is 0.494 e. The molecule has 194 valence electrons. The third-order valence-electron chi connectivity index (χ3n) is 6.40. The first kappa shape index (κ1) is 28.9. The molecule has 2 aromatic carbocycles. The standard InChI is InChI=1S/C31H45FO3/c1-3-5-7-9-11-13-15-30(25-32)35-31(33)28-18-16-26(17-19-28)27-20-22-29(23-21-27)34-24-14-12-10-8-6-4-2/h16-23,30H,3-15,24-25H2,1-2H3. The highest BCUT2D eigenvalue weighted by Gasteiger charge is 2.16. The number of hydrogen-bond donors (Lipinski definition) is 0. The molecule has 0 saturated carbocycles. The zero-order valence-corrected chi connectivity index (χ0v) is 21.9. The predicted octanol–water partition coefficient (Wildman–Crippen LogP) is 9.34. The second kappa shape index (κ2) is 18.0. The molecule has 1 atom stereocenters. The molecule has 0 aliphatic rings. The van der Waals surface area contributed by atoms with E-state index in [4.69, 9.17) is 9.47 Å². The lowest BCUT2D eigenvalue weighted by molar-refractivity contribution is 0.0211. The van der Waals surface area contributed by atoms with Crippen molar-refractivity contribution in [1.82, 2.24) is 0 Å². The highest BCUT2D eigenvalue weighted by molar-refractivity contribution is 5.90. The second-order valence-corrected chi connectivity index (χ2v) is 9.46. The number of carbonyl (C=O) groups excluding carboxylic acids is 1. The van der Waals surface area contributed by atoms with Crippen molar-refractivity contribution >= 4 is 5.97 Å². The Labute approximate surface area is 212 Å². The van der Waals surface area contributed by atoms with Gasteiger partial charge in [-0.25, -0.2) is 9.18 Å². The fourth-order valence-corrected chi connectivity index (χ4v) is 4.15. The van der Waals surface area contributed by atoms with Gasteiger partial charge in [-0.05, 0) is 54.7 Å². The number of esters is 1. The van der Waals surface area contributed by atoms with Crippen molar-refractivity contribution in [2.75, 3.05) is 13.3 Å². The molecule has 4 heteroatoms. The molecule has 0 aromatic heterocycles. The van der Waals surface area contributed by atoms with Crippen molar-refractivity contribution in [2.45, 2.75) is 103 Å². The average Bonchev–Trinajstić information content (AvgIpc) is 2.89. The number of carbonyl (C=O) groups is 1. The molecule has 0 aliphatic carbocycles. The molecule has 0 radical (unpaired) electrons. The van der Waals surface area contributed by atoms with E-state index in [1.54, 1.807) is 12.1 Å². The van der Waals surface area contributed by atoms with Gasteiger partial charge in [0.25, 0.3) is 0 Å². The van der Waals surface area contributed by atoms with E-state index in [2.05, 4.69) is 13.8 Å². The third kappa shape index (κ3) is 11.7. The van der Waals surface area contributed by atoms with Gasteiger partial charge in [-0.2, -0.15) is 0 Å². The van der Waals surface area contributed by atoms with E-state index in [0.29, 0.717) is 12.0 Å². The summed E-state index contributed by atoms with van der Waals surface area (Å²) in [6.07, 6.45) is 14.2. The minimum atomic E-state index is -0.655. The Morgan fingerprint density at radius 2 is 1.23 bits per heavy atom. The van der Waals surface area contributed by atoms with Crippen LogP contribution in [0, 0.1) is 0 Å². The van der Waals surface area contributed by atoms with Gasteiger partial charge in [0.05, 0.1) is 12.2 Å². The van der Waals surface area contributed by atoms with Gasteiger partial charge >= 0.3 is 5.97 Å². The van der Waals surface area contributed by atoms with Crippen molar-refractivity contribution in [2.24, 2.45) is 0 Å². The molecule has 0 amide bonds. The first-order valence-corrected chi connectivity index (χ1v) is 13.8. The van der Waals surface area contributed by atoms with E-state index in [1.807, 2.05) is 36.4 Å². The summed E-state index contributed by atoms with van der Waals surface area (Å²) in [5, 5.41) is 0. The average molecular weight is 485 g/mol. The lowest BCUT2D eigenvalue weighted by Gasteiger charge is -2.15. The maximum absolute atomic E-state index is 13.4. The smallest absolute Gasteiger partial charge is 0.338 e. The van der Waals surface area contributed by atoms with E-state index in [9.17, 15) is 9.18 Å². The lowest BCUT2D eigenvalue weighted by atomic mass is 10.0. The Morgan fingerprint density at radius 1 is 0.714 bits per heavy atom. The van der Waals surface area contributed by atoms with Crippen LogP contribution in [0.3, 0.4) is 0 Å². The van der Waals surface area contributed by atoms with Gasteiger partial charge in [-0.15, -0.1) is 0 Å². The van der Waals surface area contributed by atoms with Crippen molar-refractivity contribution in [3.63, 3.8) is 0 Å². The van der Waals surface area contributed by atoms with Crippen LogP contribution in [0.1, 0.15) is 108 Å². The van der Waals surface area contributed by atoms with Crippen LogP contribution in [0.4, 0.5) is 4.39 Å². The van der Waals surface area contributed by atoms with Crippen molar-refractivity contribution in [1.29, 1.82) is 0 Å². The van der Waals surface area contributed by atoms with E-state index < -0.39 is 18.7 Å². The van der Waals surface area contributed by atoms with Crippen molar-refractivity contribution in [3.8, 4) is 16.9 Å². The van der Waals surface area contributed by atoms with Gasteiger partial charge < -0.3 is 9.47 Å². The Morgan fingerprint density at radius 3 is 1.80 bits per heavy atom. The summed E-state index contributed by atoms with van der Waals surface area (Å²) in [7, 11) is 0. The van der Waals surface area contributed by atoms with Crippen molar-refractivity contribution < 1.29 is 18.7 Å². The van der Waals surface area contributed by atoms with Crippen LogP contribution < -0.4 is 4.74 Å². The molecular formula is C31H45FO3. The van der Waals surface area contributed by atoms with E-state index in [-0.39, 0.29) is 0 Å². The molecule has 0 N–H and O–H groups in total. The number of rotatable bonds is 19. The highest BCUT2D eigenvalue weighted by Crippen LogP contribution is 2.24. The zero-order valence-electron chi connectivity index (χ0n) is 21.9. The zero-order chi connectivity index (χ0) is 25.1. The maximum Gasteiger partial charge on any atom is 0.338 e. The molecular weight excluding hydrogens is 439 g/mol. The number of halogens is 1. The van der Waals surface area contributed by atoms with Crippen LogP contribution in [0.5, 0.6) is 5.75 Å². The fourth-order valence-electron chi connectivity index (χ4n) is 4.15. The first-order valence-electron chi connectivity index (χ1n) is 13.8. The molecule has 3 nitrogen and oxygen atoms in total. The molecule has 1 unspecified atom stereocenters. The molecule has 0 aliphatic heterocycles. The Bertz CT molecular complexity index is 801. The molecule has 2 aromatic rings. The van der Waals surface area contributed by atoms with Gasteiger partial charge in [0.1, 0.15) is 18.5 Å². The molecule has 0 bridgehead atoms. The normalized spacial score (nSPS) is 11.9. The SMILES string of the molecule is CCCCCCCCOc1ccc(-c2ccc(C(=O)OC(CF)CCCCCCCC)cc2)cc1. The molecule has 0 spiro atoms. The Hall–Kier alpha value is -2.36. The fraction of sp³-hybridized carbons (Fsp3) is 0.581. The maximum atomic E-state index is 13.4. The minimum absolute atomic E-state index is 0.453. The highest BCUT2D eigenvalue weighted by atomic mass is 19.1. The van der Waals surface area contributed by atoms with Crippen LogP contribution in [-0.4, -0.2) is 25.4 Å². The Kier molecular flexibility index (Phi) is 14.8. The topological polar surface area (TPSA) is 35.5 Å². The summed E-state index contributed by atoms with van der Waals surface area (Å²) in [5.74, 6) is 0.425. The minimum Gasteiger partial charge on any atom is -0.494 e. The van der Waals surface area contributed by atoms with Crippen LogP contribution in [0.15, 0.2) is 48.5 Å². The summed E-state index contributed by atoms with van der Waals surface area (Å²) >= 11 is 0. The van der Waals surface area contributed by atoms with Gasteiger partial charge in [-0.1, -0.05) is 102 Å². The molecule has 2 rings (SSSR count). The summed E-state index contributed by atoms with van der Waals surface area (Å²) in [4.78, 5) is 12.5. The molecule has 0 heterocycles. The first-order chi connectivity index (χ1) is 17.2. The van der Waals surface area contributed by atoms with Crippen molar-refractivity contribution in [3.05, 3.63) is 54.1 Å². The number of unbranched alkanes of at least 4 members (excludes halogenated alkanes) is 10. The third-order valence-corrected chi connectivity index (χ3v) is 6.40. The van der Waals surface area contributed by atoms with Gasteiger partial charge in [0.15, 0.2) is 0 Å². The summed E-state index contributed by atoms with van der Waals surface area (Å²) in [6, 6.07) is 15.3. The predicted molar refractivity (Wildman–Crippen MR) is 144 cm³/mol. The number of ether oxygens (including phenoxy) is 2. The van der Waals surface area contributed by atoms with Gasteiger partial charge in [-0.3, -0.25) is 0 Å². The van der Waals surface area contributed by atoms with Crippen LogP contribution >= 0.6 is 0 Å². The molecule has 35 heavy (non-hydrogen) atoms. The number of benzene rings is 2. The molecule has 0 saturated heterocycles. The van der Waals surface area contributed by atoms with Crippen LogP contribution in [0.25, 0.3) is 11.1 Å². The van der Waals surface area contributed by atoms with Gasteiger partial charge in [0, 0.05) is 0 Å². The molecule has 0 fully saturated rings. The van der Waals surface area contributed by atoms with E-state index in [1.165, 1.54) is 51.4 Å². The van der Waals surface area contributed by atoms with Crippen LogP contribution in [0.2, 0.25) is 0 Å². The van der Waals surface area contributed by atoms with Crippen LogP contribution in [-0.2, 0) is 4.74 Å². The second-order valence-electron chi connectivity index (χ2n) is 9.46. The van der Waals surface area contributed by atoms with Gasteiger partial charge in [0.2, 0.25) is 0 Å². The van der Waals surface area contributed by atoms with E-state index in [0.717, 1.165) is 49.2 Å². The monoisotopic (exact) mass is 484 g/mol. The summed E-state index contributed by atoms with van der Waals surface area (Å²) in [5.41, 5.74) is 2.52. The number of alkyl halides is 1. The van der Waals surface area contributed by atoms with E-state index >= 15 is 0 Å².